The van der Waals surface area contributed by atoms with E-state index in [9.17, 15) is 23.1 Å². The Balaban J connectivity index is 2.15. The van der Waals surface area contributed by atoms with Crippen molar-refractivity contribution in [2.24, 2.45) is 11.8 Å². The van der Waals surface area contributed by atoms with Crippen molar-refractivity contribution in [1.82, 2.24) is 4.90 Å². The van der Waals surface area contributed by atoms with Gasteiger partial charge in [-0.05, 0) is 30.5 Å². The molecule has 0 saturated carbocycles. The Morgan fingerprint density at radius 1 is 1.31 bits per heavy atom. The molecule has 0 aliphatic carbocycles. The highest BCUT2D eigenvalue weighted by Crippen LogP contribution is 2.29. The Kier molecular flexibility index (Phi) is 5.96. The van der Waals surface area contributed by atoms with Gasteiger partial charge in [-0.15, -0.1) is 0 Å². The number of carbonyl (C=O) groups is 2. The van der Waals surface area contributed by atoms with Gasteiger partial charge in [0.2, 0.25) is 10.0 Å². The van der Waals surface area contributed by atoms with Crippen molar-refractivity contribution in [2.45, 2.75) is 13.3 Å². The number of carboxylic acid groups (broad SMARTS) is 1. The van der Waals surface area contributed by atoms with Gasteiger partial charge in [0.25, 0.3) is 0 Å². The van der Waals surface area contributed by atoms with Crippen LogP contribution in [0.3, 0.4) is 0 Å². The maximum absolute atomic E-state index is 12.5. The molecular formula is C16H23N3O6S. The quantitative estimate of drug-likeness (QED) is 0.708. The van der Waals surface area contributed by atoms with E-state index in [1.165, 1.54) is 24.1 Å². The molecule has 2 atom stereocenters. The smallest absolute Gasteiger partial charge is 0.321 e. The number of carboxylic acids is 1. The maximum atomic E-state index is 12.5. The van der Waals surface area contributed by atoms with Gasteiger partial charge in [-0.2, -0.15) is 0 Å². The Morgan fingerprint density at radius 2 is 2.00 bits per heavy atom. The second kappa shape index (κ2) is 7.81. The normalized spacial score (nSPS) is 20.3. The van der Waals surface area contributed by atoms with Crippen LogP contribution in [0.4, 0.5) is 16.2 Å². The highest BCUT2D eigenvalue weighted by molar-refractivity contribution is 7.92. The van der Waals surface area contributed by atoms with E-state index in [1.54, 1.807) is 6.07 Å². The summed E-state index contributed by atoms with van der Waals surface area (Å²) in [7, 11) is -2.11. The fourth-order valence-electron chi connectivity index (χ4n) is 2.96. The van der Waals surface area contributed by atoms with Gasteiger partial charge in [-0.25, -0.2) is 13.2 Å². The topological polar surface area (TPSA) is 125 Å². The van der Waals surface area contributed by atoms with Crippen molar-refractivity contribution in [2.75, 3.05) is 36.5 Å². The number of nitrogens with zero attached hydrogens (tertiary/aromatic N) is 1. The number of piperidine rings is 1. The molecule has 0 bridgehead atoms. The number of nitrogens with one attached hydrogen (secondary N) is 2. The summed E-state index contributed by atoms with van der Waals surface area (Å²) >= 11 is 0. The van der Waals surface area contributed by atoms with Gasteiger partial charge in [-0.3, -0.25) is 9.52 Å². The average Bonchev–Trinajstić information content (AvgIpc) is 2.53. The summed E-state index contributed by atoms with van der Waals surface area (Å²) in [6.07, 6.45) is 1.54. The molecule has 1 aromatic rings. The largest absolute Gasteiger partial charge is 0.495 e. The van der Waals surface area contributed by atoms with Crippen LogP contribution < -0.4 is 14.8 Å². The van der Waals surface area contributed by atoms with E-state index in [1.807, 2.05) is 6.92 Å². The summed E-state index contributed by atoms with van der Waals surface area (Å²) in [5.41, 5.74) is 0.565. The Bertz CT molecular complexity index is 795. The molecule has 1 fully saturated rings. The number of methoxy groups -OCH3 is 1. The Hall–Kier alpha value is -2.49. The van der Waals surface area contributed by atoms with Crippen LogP contribution in [0.15, 0.2) is 18.2 Å². The number of carbonyl (C=O) groups excluding carboxylic acids is 1. The summed E-state index contributed by atoms with van der Waals surface area (Å²) < 4.78 is 30.4. The second-order valence-corrected chi connectivity index (χ2v) is 8.25. The van der Waals surface area contributed by atoms with Crippen molar-refractivity contribution in [3.8, 4) is 5.75 Å². The van der Waals surface area contributed by atoms with Crippen LogP contribution in [0.5, 0.6) is 5.75 Å². The van der Waals surface area contributed by atoms with Gasteiger partial charge in [0.05, 0.1) is 25.0 Å². The maximum Gasteiger partial charge on any atom is 0.321 e. The molecule has 1 aliphatic heterocycles. The monoisotopic (exact) mass is 385 g/mol. The number of likely N-dealkylation sites (tertiary alicyclic amines) is 1. The van der Waals surface area contributed by atoms with Crippen LogP contribution in [-0.2, 0) is 14.8 Å². The van der Waals surface area contributed by atoms with E-state index < -0.39 is 27.9 Å². The molecular weight excluding hydrogens is 362 g/mol. The minimum atomic E-state index is -3.52. The van der Waals surface area contributed by atoms with Crippen molar-refractivity contribution in [3.05, 3.63) is 18.2 Å². The van der Waals surface area contributed by atoms with Crippen LogP contribution in [-0.4, -0.2) is 56.9 Å². The molecule has 26 heavy (non-hydrogen) atoms. The summed E-state index contributed by atoms with van der Waals surface area (Å²) in [5.74, 6) is -1.12. The molecule has 1 aromatic carbocycles. The van der Waals surface area contributed by atoms with Crippen LogP contribution in [0.25, 0.3) is 0 Å². The SMILES string of the molecule is COc1ccc(NC(=O)N2CC(C)CC(C(=O)O)C2)cc1NS(C)(=O)=O. The zero-order valence-corrected chi connectivity index (χ0v) is 15.7. The fraction of sp³-hybridized carbons (Fsp3) is 0.500. The lowest BCUT2D eigenvalue weighted by atomic mass is 9.91. The average molecular weight is 385 g/mol. The highest BCUT2D eigenvalue weighted by atomic mass is 32.2. The lowest BCUT2D eigenvalue weighted by Crippen LogP contribution is -2.47. The number of hydrogen-bond acceptors (Lipinski definition) is 5. The molecule has 3 N–H and O–H groups in total. The summed E-state index contributed by atoms with van der Waals surface area (Å²) in [4.78, 5) is 25.2. The number of ether oxygens (including phenoxy) is 1. The van der Waals surface area contributed by atoms with Gasteiger partial charge >= 0.3 is 12.0 Å². The van der Waals surface area contributed by atoms with Crippen LogP contribution in [0.1, 0.15) is 13.3 Å². The molecule has 0 radical (unpaired) electrons. The summed E-state index contributed by atoms with van der Waals surface area (Å²) in [6, 6.07) is 4.12. The molecule has 2 unspecified atom stereocenters. The molecule has 10 heteroatoms. The molecule has 9 nitrogen and oxygen atoms in total. The van der Waals surface area contributed by atoms with Gasteiger partial charge in [-0.1, -0.05) is 6.92 Å². The molecule has 2 rings (SSSR count). The summed E-state index contributed by atoms with van der Waals surface area (Å²) in [6.45, 7) is 2.49. The lowest BCUT2D eigenvalue weighted by Gasteiger charge is -2.34. The number of urea groups is 1. The first-order valence-electron chi connectivity index (χ1n) is 8.03. The third kappa shape index (κ3) is 5.25. The number of benzene rings is 1. The molecule has 0 aromatic heterocycles. The van der Waals surface area contributed by atoms with Crippen LogP contribution in [0, 0.1) is 11.8 Å². The van der Waals surface area contributed by atoms with E-state index in [2.05, 4.69) is 10.0 Å². The Labute approximate surface area is 152 Å². The molecule has 144 valence electrons. The second-order valence-electron chi connectivity index (χ2n) is 6.50. The minimum Gasteiger partial charge on any atom is -0.495 e. The first-order chi connectivity index (χ1) is 12.1. The number of aliphatic carboxylic acids is 1. The van der Waals surface area contributed by atoms with Crippen LogP contribution >= 0.6 is 0 Å². The zero-order valence-electron chi connectivity index (χ0n) is 14.9. The van der Waals surface area contributed by atoms with E-state index >= 15 is 0 Å². The molecule has 1 saturated heterocycles. The van der Waals surface area contributed by atoms with E-state index in [-0.39, 0.29) is 18.2 Å². The van der Waals surface area contributed by atoms with Crippen molar-refractivity contribution in [3.63, 3.8) is 0 Å². The van der Waals surface area contributed by atoms with Crippen molar-refractivity contribution in [1.29, 1.82) is 0 Å². The molecule has 1 heterocycles. The van der Waals surface area contributed by atoms with E-state index in [0.29, 0.717) is 24.4 Å². The highest BCUT2D eigenvalue weighted by Gasteiger charge is 2.32. The summed E-state index contributed by atoms with van der Waals surface area (Å²) in [5, 5.41) is 11.9. The van der Waals surface area contributed by atoms with Gasteiger partial charge in [0.15, 0.2) is 0 Å². The molecule has 1 aliphatic rings. The number of rotatable bonds is 5. The molecule has 0 spiro atoms. The zero-order chi connectivity index (χ0) is 19.5. The first kappa shape index (κ1) is 19.8. The molecule has 2 amide bonds. The van der Waals surface area contributed by atoms with Gasteiger partial charge in [0.1, 0.15) is 5.75 Å². The predicted molar refractivity (Wildman–Crippen MR) is 97.0 cm³/mol. The number of sulfonamides is 1. The van der Waals surface area contributed by atoms with Crippen molar-refractivity contribution >= 4 is 33.4 Å². The van der Waals surface area contributed by atoms with Crippen molar-refractivity contribution < 1.29 is 27.9 Å². The minimum absolute atomic E-state index is 0.0777. The van der Waals surface area contributed by atoms with E-state index in [4.69, 9.17) is 4.74 Å². The predicted octanol–water partition coefficient (Wildman–Crippen LogP) is 1.64. The fourth-order valence-corrected chi connectivity index (χ4v) is 3.52. The van der Waals surface area contributed by atoms with Gasteiger partial charge in [0, 0.05) is 18.8 Å². The Morgan fingerprint density at radius 3 is 2.58 bits per heavy atom. The first-order valence-corrected chi connectivity index (χ1v) is 9.92. The lowest BCUT2D eigenvalue weighted by molar-refractivity contribution is -0.143. The number of amides is 2. The van der Waals surface area contributed by atoms with Gasteiger partial charge < -0.3 is 20.1 Å². The third-order valence-corrected chi connectivity index (χ3v) is 4.63. The van der Waals surface area contributed by atoms with Crippen LogP contribution in [0.2, 0.25) is 0 Å². The third-order valence-electron chi connectivity index (χ3n) is 4.04. The number of hydrogen-bond donors (Lipinski definition) is 3. The number of anilines is 2. The standard InChI is InChI=1S/C16H23N3O6S/c1-10-6-11(15(20)21)9-19(8-10)16(22)17-12-4-5-14(25-2)13(7-12)18-26(3,23)24/h4-5,7,10-11,18H,6,8-9H2,1-3H3,(H,17,22)(H,20,21). The van der Waals surface area contributed by atoms with E-state index in [0.717, 1.165) is 6.26 Å².